The van der Waals surface area contributed by atoms with Crippen LogP contribution in [0.1, 0.15) is 58.6 Å². The van der Waals surface area contributed by atoms with Crippen LogP contribution in [0.4, 0.5) is 0 Å². The van der Waals surface area contributed by atoms with Crippen molar-refractivity contribution in [2.75, 3.05) is 13.1 Å². The predicted molar refractivity (Wildman–Crippen MR) is 145 cm³/mol. The maximum atomic E-state index is 13.1. The summed E-state index contributed by atoms with van der Waals surface area (Å²) in [6.07, 6.45) is 2.80. The first kappa shape index (κ1) is 25.0. The van der Waals surface area contributed by atoms with E-state index in [0.717, 1.165) is 61.3 Å². The minimum atomic E-state index is -0.155. The molecule has 5 rings (SSSR count). The Morgan fingerprint density at radius 3 is 2.78 bits per heavy atom. The van der Waals surface area contributed by atoms with Crippen LogP contribution in [0.5, 0.6) is 5.75 Å². The SMILES string of the molecule is Cc1ccc(OC2CNC2)cc1C(=O)N[C@H](C)c1cccc(-c2ccc(CNC3CCC(O)C3)s2)c1. The van der Waals surface area contributed by atoms with E-state index in [2.05, 4.69) is 52.3 Å². The van der Waals surface area contributed by atoms with Crippen molar-refractivity contribution in [1.29, 1.82) is 0 Å². The van der Waals surface area contributed by atoms with E-state index in [4.69, 9.17) is 4.74 Å². The van der Waals surface area contributed by atoms with Gasteiger partial charge in [0, 0.05) is 41.0 Å². The van der Waals surface area contributed by atoms with Gasteiger partial charge in [-0.25, -0.2) is 0 Å². The third kappa shape index (κ3) is 5.98. The Labute approximate surface area is 217 Å². The highest BCUT2D eigenvalue weighted by atomic mass is 32.1. The number of aryl methyl sites for hydroxylation is 1. The minimum absolute atomic E-state index is 0.0934. The van der Waals surface area contributed by atoms with E-state index in [1.54, 1.807) is 11.3 Å². The minimum Gasteiger partial charge on any atom is -0.488 e. The van der Waals surface area contributed by atoms with Crippen LogP contribution in [0, 0.1) is 6.92 Å². The molecule has 0 radical (unpaired) electrons. The summed E-state index contributed by atoms with van der Waals surface area (Å²) in [6, 6.07) is 18.7. The number of nitrogens with one attached hydrogen (secondary N) is 3. The van der Waals surface area contributed by atoms with Crippen LogP contribution < -0.4 is 20.7 Å². The Bertz CT molecular complexity index is 1210. The molecule has 4 N–H and O–H groups in total. The smallest absolute Gasteiger partial charge is 0.252 e. The molecule has 1 saturated heterocycles. The lowest BCUT2D eigenvalue weighted by atomic mass is 10.0. The third-order valence-electron chi connectivity index (χ3n) is 7.15. The summed E-state index contributed by atoms with van der Waals surface area (Å²) in [5, 5.41) is 19.7. The second-order valence-corrected chi connectivity index (χ2v) is 11.2. The van der Waals surface area contributed by atoms with E-state index < -0.39 is 0 Å². The summed E-state index contributed by atoms with van der Waals surface area (Å²) in [4.78, 5) is 15.6. The van der Waals surface area contributed by atoms with Gasteiger partial charge in [-0.15, -0.1) is 11.3 Å². The largest absolute Gasteiger partial charge is 0.488 e. The van der Waals surface area contributed by atoms with Gasteiger partial charge >= 0.3 is 0 Å². The Morgan fingerprint density at radius 1 is 1.17 bits per heavy atom. The molecule has 7 heteroatoms. The van der Waals surface area contributed by atoms with Gasteiger partial charge in [-0.3, -0.25) is 4.79 Å². The van der Waals surface area contributed by atoms with Crippen molar-refractivity contribution in [2.24, 2.45) is 0 Å². The summed E-state index contributed by atoms with van der Waals surface area (Å²) in [7, 11) is 0. The maximum absolute atomic E-state index is 13.1. The van der Waals surface area contributed by atoms with Crippen LogP contribution in [-0.4, -0.2) is 42.4 Å². The molecule has 0 spiro atoms. The first-order valence-electron chi connectivity index (χ1n) is 12.8. The lowest BCUT2D eigenvalue weighted by Gasteiger charge is -2.28. The number of rotatable bonds is 9. The topological polar surface area (TPSA) is 82.6 Å². The van der Waals surface area contributed by atoms with Gasteiger partial charge in [0.15, 0.2) is 0 Å². The molecule has 1 amide bonds. The van der Waals surface area contributed by atoms with Crippen LogP contribution in [0.25, 0.3) is 10.4 Å². The van der Waals surface area contributed by atoms with Gasteiger partial charge < -0.3 is 25.8 Å². The number of amides is 1. The maximum Gasteiger partial charge on any atom is 0.252 e. The second-order valence-electron chi connectivity index (χ2n) is 10.0. The first-order chi connectivity index (χ1) is 17.4. The number of carbonyl (C=O) groups excluding carboxylic acids is 1. The van der Waals surface area contributed by atoms with Gasteiger partial charge in [0.05, 0.1) is 12.1 Å². The Morgan fingerprint density at radius 2 is 2.03 bits per heavy atom. The summed E-state index contributed by atoms with van der Waals surface area (Å²) >= 11 is 1.79. The fourth-order valence-electron chi connectivity index (χ4n) is 4.79. The van der Waals surface area contributed by atoms with Gasteiger partial charge in [-0.1, -0.05) is 24.3 Å². The van der Waals surface area contributed by atoms with Crippen molar-refractivity contribution in [3.05, 3.63) is 76.2 Å². The van der Waals surface area contributed by atoms with Crippen LogP contribution >= 0.6 is 11.3 Å². The molecule has 1 aromatic heterocycles. The molecule has 1 aliphatic heterocycles. The first-order valence-corrected chi connectivity index (χ1v) is 13.7. The summed E-state index contributed by atoms with van der Waals surface area (Å²) in [5.74, 6) is 0.642. The number of carbonyl (C=O) groups is 1. The lowest BCUT2D eigenvalue weighted by molar-refractivity contribution is 0.0937. The molecule has 1 saturated carbocycles. The number of ether oxygens (including phenoxy) is 1. The van der Waals surface area contributed by atoms with Gasteiger partial charge in [-0.05, 0) is 80.1 Å². The molecule has 3 aromatic rings. The number of aliphatic hydroxyl groups excluding tert-OH is 1. The average Bonchev–Trinajstić information content (AvgIpc) is 3.50. The zero-order chi connectivity index (χ0) is 25.1. The average molecular weight is 506 g/mol. The van der Waals surface area contributed by atoms with E-state index in [9.17, 15) is 9.90 Å². The van der Waals surface area contributed by atoms with E-state index in [1.807, 2.05) is 32.0 Å². The predicted octanol–water partition coefficient (Wildman–Crippen LogP) is 4.57. The van der Waals surface area contributed by atoms with Gasteiger partial charge in [0.25, 0.3) is 5.91 Å². The summed E-state index contributed by atoms with van der Waals surface area (Å²) < 4.78 is 5.95. The Hall–Kier alpha value is -2.71. The van der Waals surface area contributed by atoms with Crippen molar-refractivity contribution in [2.45, 2.75) is 63.9 Å². The van der Waals surface area contributed by atoms with E-state index in [-0.39, 0.29) is 24.2 Å². The van der Waals surface area contributed by atoms with E-state index >= 15 is 0 Å². The Balaban J connectivity index is 1.22. The zero-order valence-corrected chi connectivity index (χ0v) is 21.7. The van der Waals surface area contributed by atoms with E-state index in [1.165, 1.54) is 9.75 Å². The normalized spacial score (nSPS) is 20.6. The summed E-state index contributed by atoms with van der Waals surface area (Å²) in [5.41, 5.74) is 3.80. The number of thiophene rings is 1. The van der Waals surface area contributed by atoms with Crippen LogP contribution in [0.15, 0.2) is 54.6 Å². The fraction of sp³-hybridized carbons (Fsp3) is 0.414. The van der Waals surface area contributed by atoms with Gasteiger partial charge in [0.1, 0.15) is 11.9 Å². The molecule has 3 atom stereocenters. The number of hydrogen-bond acceptors (Lipinski definition) is 6. The molecule has 0 bridgehead atoms. The Kier molecular flexibility index (Phi) is 7.72. The quantitative estimate of drug-likeness (QED) is 0.343. The van der Waals surface area contributed by atoms with Crippen molar-refractivity contribution >= 4 is 17.2 Å². The molecular weight excluding hydrogens is 470 g/mol. The molecule has 6 nitrogen and oxygen atoms in total. The van der Waals surface area contributed by atoms with Crippen LogP contribution in [0.2, 0.25) is 0 Å². The van der Waals surface area contributed by atoms with E-state index in [0.29, 0.717) is 11.6 Å². The summed E-state index contributed by atoms with van der Waals surface area (Å²) in [6.45, 7) is 6.48. The van der Waals surface area contributed by atoms with Crippen molar-refractivity contribution in [1.82, 2.24) is 16.0 Å². The number of benzene rings is 2. The zero-order valence-electron chi connectivity index (χ0n) is 20.9. The second kappa shape index (κ2) is 11.1. The molecule has 2 heterocycles. The van der Waals surface area contributed by atoms with Crippen LogP contribution in [0.3, 0.4) is 0 Å². The van der Waals surface area contributed by atoms with Crippen molar-refractivity contribution < 1.29 is 14.6 Å². The molecule has 2 aromatic carbocycles. The monoisotopic (exact) mass is 505 g/mol. The molecule has 190 valence electrons. The molecule has 1 aliphatic carbocycles. The molecule has 2 unspecified atom stereocenters. The molecule has 2 aliphatic rings. The van der Waals surface area contributed by atoms with Crippen molar-refractivity contribution in [3.63, 3.8) is 0 Å². The molecule has 2 fully saturated rings. The lowest BCUT2D eigenvalue weighted by Crippen LogP contribution is -2.50. The van der Waals surface area contributed by atoms with Gasteiger partial charge in [0.2, 0.25) is 0 Å². The number of aliphatic hydroxyl groups is 1. The highest BCUT2D eigenvalue weighted by Gasteiger charge is 2.22. The highest BCUT2D eigenvalue weighted by molar-refractivity contribution is 7.15. The fourth-order valence-corrected chi connectivity index (χ4v) is 5.75. The number of hydrogen-bond donors (Lipinski definition) is 4. The molecular formula is C29H35N3O3S. The van der Waals surface area contributed by atoms with Crippen molar-refractivity contribution in [3.8, 4) is 16.2 Å². The van der Waals surface area contributed by atoms with Gasteiger partial charge in [-0.2, -0.15) is 0 Å². The third-order valence-corrected chi connectivity index (χ3v) is 8.29. The molecule has 36 heavy (non-hydrogen) atoms. The highest BCUT2D eigenvalue weighted by Crippen LogP contribution is 2.31. The standard InChI is InChI=1S/C29H35N3O3S/c1-18-6-9-24(35-25-15-30-16-25)14-27(18)29(34)32-19(2)20-4-3-5-21(12-20)28-11-10-26(36-28)17-31-22-7-8-23(33)13-22/h3-6,9-12,14,19,22-23,25,30-31,33H,7-8,13,15-17H2,1-2H3,(H,32,34)/t19-,22?,23?/m1/s1. The van der Waals surface area contributed by atoms with Crippen LogP contribution in [-0.2, 0) is 6.54 Å².